The number of hydrogen-bond donors (Lipinski definition) is 3. The molecule has 12 heteroatoms. The van der Waals surface area contributed by atoms with E-state index in [-0.39, 0.29) is 31.2 Å². The van der Waals surface area contributed by atoms with Crippen molar-refractivity contribution in [1.29, 1.82) is 0 Å². The van der Waals surface area contributed by atoms with E-state index in [9.17, 15) is 32.3 Å². The maximum atomic E-state index is 13.7. The summed E-state index contributed by atoms with van der Waals surface area (Å²) in [5, 5.41) is 15.6. The maximum absolute atomic E-state index is 13.7. The minimum atomic E-state index is -5.10. The SMILES string of the molecule is Cn1ccnc1C(O)(CC(=O)N1CCCC(CNC(=O)Nc2cccc(F)c2)C1)C(F)(F)F. The number of imidazole rings is 1. The van der Waals surface area contributed by atoms with Gasteiger partial charge in [-0.15, -0.1) is 0 Å². The van der Waals surface area contributed by atoms with E-state index in [1.807, 2.05) is 0 Å². The topological polar surface area (TPSA) is 99.5 Å². The van der Waals surface area contributed by atoms with Crippen molar-refractivity contribution in [2.45, 2.75) is 31.0 Å². The van der Waals surface area contributed by atoms with Crippen LogP contribution in [0.5, 0.6) is 0 Å². The van der Waals surface area contributed by atoms with E-state index in [1.54, 1.807) is 0 Å². The Hall–Kier alpha value is -3.15. The lowest BCUT2D eigenvalue weighted by molar-refractivity contribution is -0.272. The largest absolute Gasteiger partial charge is 0.425 e. The van der Waals surface area contributed by atoms with Crippen molar-refractivity contribution in [3.63, 3.8) is 0 Å². The zero-order chi connectivity index (χ0) is 24.2. The smallest absolute Gasteiger partial charge is 0.374 e. The second-order valence-electron chi connectivity index (χ2n) is 8.09. The highest BCUT2D eigenvalue weighted by Gasteiger charge is 2.59. The van der Waals surface area contributed by atoms with Gasteiger partial charge in [0, 0.05) is 44.8 Å². The fourth-order valence-corrected chi connectivity index (χ4v) is 3.84. The molecule has 2 aromatic rings. The van der Waals surface area contributed by atoms with Crippen LogP contribution in [0.3, 0.4) is 0 Å². The van der Waals surface area contributed by atoms with Gasteiger partial charge in [-0.05, 0) is 37.0 Å². The Balaban J connectivity index is 1.58. The number of benzene rings is 1. The first kappa shape index (κ1) is 24.5. The van der Waals surface area contributed by atoms with Crippen molar-refractivity contribution < 1.29 is 32.3 Å². The van der Waals surface area contributed by atoms with Crippen LogP contribution in [0.25, 0.3) is 0 Å². The molecule has 0 radical (unpaired) electrons. The number of nitrogens with zero attached hydrogens (tertiary/aromatic N) is 3. The normalized spacial score (nSPS) is 18.5. The zero-order valence-corrected chi connectivity index (χ0v) is 17.9. The number of aryl methyl sites for hydroxylation is 1. The van der Waals surface area contributed by atoms with Crippen LogP contribution < -0.4 is 10.6 Å². The van der Waals surface area contributed by atoms with Gasteiger partial charge in [-0.25, -0.2) is 14.2 Å². The van der Waals surface area contributed by atoms with Crippen molar-refractivity contribution in [3.8, 4) is 0 Å². The molecule has 3 N–H and O–H groups in total. The van der Waals surface area contributed by atoms with E-state index in [2.05, 4.69) is 15.6 Å². The molecule has 1 aliphatic heterocycles. The van der Waals surface area contributed by atoms with E-state index in [1.165, 1.54) is 36.3 Å². The van der Waals surface area contributed by atoms with E-state index >= 15 is 0 Å². The molecule has 180 valence electrons. The number of nitrogens with one attached hydrogen (secondary N) is 2. The molecule has 0 saturated carbocycles. The number of rotatable bonds is 6. The van der Waals surface area contributed by atoms with Gasteiger partial charge in [0.15, 0.2) is 5.82 Å². The van der Waals surface area contributed by atoms with E-state index < -0.39 is 41.8 Å². The molecule has 8 nitrogen and oxygen atoms in total. The van der Waals surface area contributed by atoms with Gasteiger partial charge in [0.05, 0.1) is 6.42 Å². The van der Waals surface area contributed by atoms with Crippen molar-refractivity contribution >= 4 is 17.6 Å². The van der Waals surface area contributed by atoms with Gasteiger partial charge in [-0.1, -0.05) is 6.07 Å². The Morgan fingerprint density at radius 1 is 1.30 bits per heavy atom. The minimum absolute atomic E-state index is 0.133. The van der Waals surface area contributed by atoms with Gasteiger partial charge < -0.3 is 25.2 Å². The Morgan fingerprint density at radius 2 is 2.06 bits per heavy atom. The number of anilines is 1. The molecule has 3 rings (SSSR count). The minimum Gasteiger partial charge on any atom is -0.374 e. The molecule has 1 aliphatic rings. The van der Waals surface area contributed by atoms with E-state index in [0.717, 1.165) is 16.8 Å². The van der Waals surface area contributed by atoms with Gasteiger partial charge in [-0.3, -0.25) is 4.79 Å². The maximum Gasteiger partial charge on any atom is 0.425 e. The summed E-state index contributed by atoms with van der Waals surface area (Å²) in [5.41, 5.74) is -3.15. The summed E-state index contributed by atoms with van der Waals surface area (Å²) in [4.78, 5) is 29.6. The summed E-state index contributed by atoms with van der Waals surface area (Å²) < 4.78 is 55.4. The van der Waals surface area contributed by atoms with Crippen LogP contribution >= 0.6 is 0 Å². The number of hydrogen-bond acceptors (Lipinski definition) is 4. The van der Waals surface area contributed by atoms with E-state index in [4.69, 9.17) is 0 Å². The second-order valence-corrected chi connectivity index (χ2v) is 8.09. The van der Waals surface area contributed by atoms with Gasteiger partial charge in [0.2, 0.25) is 11.5 Å². The first-order chi connectivity index (χ1) is 15.5. The Labute approximate surface area is 187 Å². The van der Waals surface area contributed by atoms with Crippen molar-refractivity contribution in [2.75, 3.05) is 25.0 Å². The highest BCUT2D eigenvalue weighted by molar-refractivity contribution is 5.89. The molecule has 0 bridgehead atoms. The summed E-state index contributed by atoms with van der Waals surface area (Å²) in [6, 6.07) is 4.80. The quantitative estimate of drug-likeness (QED) is 0.565. The highest BCUT2D eigenvalue weighted by Crippen LogP contribution is 2.41. The number of urea groups is 1. The molecule has 2 heterocycles. The molecule has 2 unspecified atom stereocenters. The van der Waals surface area contributed by atoms with Gasteiger partial charge in [-0.2, -0.15) is 13.2 Å². The van der Waals surface area contributed by atoms with Crippen LogP contribution in [0.4, 0.5) is 28.0 Å². The van der Waals surface area contributed by atoms with Gasteiger partial charge in [0.1, 0.15) is 5.82 Å². The number of amides is 3. The third-order valence-corrected chi connectivity index (χ3v) is 5.57. The third kappa shape index (κ3) is 5.81. The van der Waals surface area contributed by atoms with Crippen molar-refractivity contribution in [3.05, 3.63) is 48.3 Å². The predicted molar refractivity (Wildman–Crippen MR) is 111 cm³/mol. The molecule has 1 fully saturated rings. The summed E-state index contributed by atoms with van der Waals surface area (Å²) in [7, 11) is 1.31. The summed E-state index contributed by atoms with van der Waals surface area (Å²) in [6.07, 6.45) is -2.72. The number of carbonyl (C=O) groups is 2. The Morgan fingerprint density at radius 3 is 2.70 bits per heavy atom. The lowest BCUT2D eigenvalue weighted by Crippen LogP contribution is -2.50. The van der Waals surface area contributed by atoms with Crippen LogP contribution in [0.15, 0.2) is 36.7 Å². The number of likely N-dealkylation sites (tertiary alicyclic amines) is 1. The van der Waals surface area contributed by atoms with Crippen LogP contribution in [0.1, 0.15) is 25.1 Å². The number of piperidine rings is 1. The molecule has 2 atom stereocenters. The highest BCUT2D eigenvalue weighted by atomic mass is 19.4. The lowest BCUT2D eigenvalue weighted by atomic mass is 9.94. The van der Waals surface area contributed by atoms with Crippen LogP contribution in [0, 0.1) is 11.7 Å². The van der Waals surface area contributed by atoms with Crippen LogP contribution in [0.2, 0.25) is 0 Å². The molecule has 1 saturated heterocycles. The summed E-state index contributed by atoms with van der Waals surface area (Å²) in [6.45, 7) is 0.556. The molecular formula is C21H25F4N5O3. The number of aromatic nitrogens is 2. The molecule has 1 aromatic carbocycles. The van der Waals surface area contributed by atoms with Gasteiger partial charge >= 0.3 is 12.2 Å². The first-order valence-electron chi connectivity index (χ1n) is 10.3. The predicted octanol–water partition coefficient (Wildman–Crippen LogP) is 2.76. The summed E-state index contributed by atoms with van der Waals surface area (Å²) >= 11 is 0. The molecule has 33 heavy (non-hydrogen) atoms. The lowest BCUT2D eigenvalue weighted by Gasteiger charge is -2.36. The molecule has 0 spiro atoms. The molecule has 0 aliphatic carbocycles. The van der Waals surface area contributed by atoms with E-state index in [0.29, 0.717) is 12.8 Å². The molecular weight excluding hydrogens is 446 g/mol. The molecule has 3 amide bonds. The van der Waals surface area contributed by atoms with Crippen molar-refractivity contribution in [2.24, 2.45) is 13.0 Å². The fourth-order valence-electron chi connectivity index (χ4n) is 3.84. The Kier molecular flexibility index (Phi) is 7.25. The number of carbonyl (C=O) groups excluding carboxylic acids is 2. The monoisotopic (exact) mass is 471 g/mol. The number of alkyl halides is 3. The first-order valence-corrected chi connectivity index (χ1v) is 10.3. The zero-order valence-electron chi connectivity index (χ0n) is 17.9. The number of aliphatic hydroxyl groups is 1. The average Bonchev–Trinajstić information content (AvgIpc) is 3.18. The Bertz CT molecular complexity index is 996. The average molecular weight is 471 g/mol. The second kappa shape index (κ2) is 9.77. The fraction of sp³-hybridized carbons (Fsp3) is 0.476. The van der Waals surface area contributed by atoms with Crippen molar-refractivity contribution in [1.82, 2.24) is 19.8 Å². The molecule has 1 aromatic heterocycles. The standard InChI is InChI=1S/C21H25F4N5O3/c1-29-9-7-26-18(29)20(33,21(23,24)25)11-17(31)30-8-3-4-14(13-30)12-27-19(32)28-16-6-2-5-15(22)10-16/h2,5-7,9-10,14,33H,3-4,8,11-13H2,1H3,(H2,27,28,32). The van der Waals surface area contributed by atoms with Crippen LogP contribution in [-0.4, -0.2) is 57.3 Å². The van der Waals surface area contributed by atoms with Crippen LogP contribution in [-0.2, 0) is 17.4 Å². The van der Waals surface area contributed by atoms with Gasteiger partial charge in [0.25, 0.3) is 0 Å². The number of halogens is 4. The summed E-state index contributed by atoms with van der Waals surface area (Å²) in [5.74, 6) is -2.20. The third-order valence-electron chi connectivity index (χ3n) is 5.57.